The first-order valence-corrected chi connectivity index (χ1v) is 18.8. The molecule has 0 bridgehead atoms. The van der Waals surface area contributed by atoms with Crippen molar-refractivity contribution < 1.29 is 23.9 Å². The number of rotatable bonds is 6. The SMILES string of the molecule is CC(=O)O[C@@H]1C[C@]2(C)[C@H]3CC=C4[C@@H]5CC(C)(C)CC[C@]5(C(=O)NCCc5ccccc5)CC[C@@]4(C)[C@]3(C)CC[C@H]2C(C)(C)[C@H]1OC(C)=O. The molecule has 5 aliphatic carbocycles. The van der Waals surface area contributed by atoms with Crippen LogP contribution in [-0.4, -0.2) is 36.6 Å². The van der Waals surface area contributed by atoms with Crippen molar-refractivity contribution in [2.45, 2.75) is 139 Å². The van der Waals surface area contributed by atoms with Gasteiger partial charge in [0.1, 0.15) is 12.2 Å². The smallest absolute Gasteiger partial charge is 0.303 e. The molecule has 1 aromatic carbocycles. The first kappa shape index (κ1) is 35.2. The maximum Gasteiger partial charge on any atom is 0.303 e. The van der Waals surface area contributed by atoms with Crippen LogP contribution in [-0.2, 0) is 30.3 Å². The lowest BCUT2D eigenvalue weighted by Crippen LogP contribution is -2.68. The van der Waals surface area contributed by atoms with Gasteiger partial charge >= 0.3 is 11.9 Å². The van der Waals surface area contributed by atoms with Gasteiger partial charge in [0.2, 0.25) is 5.91 Å². The number of benzene rings is 1. The molecule has 0 radical (unpaired) electrons. The first-order valence-electron chi connectivity index (χ1n) is 18.8. The van der Waals surface area contributed by atoms with Crippen LogP contribution in [0.15, 0.2) is 42.0 Å². The predicted octanol–water partition coefficient (Wildman–Crippen LogP) is 8.62. The monoisotopic (exact) mass is 659 g/mol. The third-order valence-corrected chi connectivity index (χ3v) is 15.1. The number of esters is 2. The number of amides is 1. The van der Waals surface area contributed by atoms with Gasteiger partial charge in [0, 0.05) is 25.8 Å². The molecule has 0 heterocycles. The summed E-state index contributed by atoms with van der Waals surface area (Å²) in [7, 11) is 0. The molecule has 0 aliphatic heterocycles. The summed E-state index contributed by atoms with van der Waals surface area (Å²) in [5, 5.41) is 3.44. The lowest BCUT2D eigenvalue weighted by molar-refractivity contribution is -0.243. The average molecular weight is 660 g/mol. The van der Waals surface area contributed by atoms with Gasteiger partial charge in [0.25, 0.3) is 0 Å². The molecule has 0 saturated heterocycles. The fraction of sp³-hybridized carbons (Fsp3) is 0.738. The standard InChI is InChI=1S/C42H61NO5/c1-27(44)47-32-26-39(7)33(38(5,6)35(32)48-28(2)45)17-19-41(9)34(39)16-15-30-31-25-37(3,4)20-22-42(31,23-21-40(30,41)8)36(46)43-24-18-29-13-11-10-12-14-29/h10-15,31-35H,16-26H2,1-9H3,(H,43,46)/t31-,32+,33-,34+,35-,39-,40+,41+,42-/m0/s1. The maximum atomic E-state index is 14.4. The van der Waals surface area contributed by atoms with E-state index in [1.54, 1.807) is 5.57 Å². The summed E-state index contributed by atoms with van der Waals surface area (Å²) in [6, 6.07) is 10.5. The van der Waals surface area contributed by atoms with Crippen molar-refractivity contribution in [3.05, 3.63) is 47.5 Å². The Morgan fingerprint density at radius 1 is 0.812 bits per heavy atom. The fourth-order valence-corrected chi connectivity index (χ4v) is 12.6. The molecular formula is C42H61NO5. The van der Waals surface area contributed by atoms with Crippen molar-refractivity contribution in [1.82, 2.24) is 5.32 Å². The van der Waals surface area contributed by atoms with Gasteiger partial charge in [-0.05, 0) is 109 Å². The molecule has 4 fully saturated rings. The highest BCUT2D eigenvalue weighted by molar-refractivity contribution is 5.84. The summed E-state index contributed by atoms with van der Waals surface area (Å²) in [4.78, 5) is 39.1. The quantitative estimate of drug-likeness (QED) is 0.244. The van der Waals surface area contributed by atoms with E-state index >= 15 is 0 Å². The zero-order chi connectivity index (χ0) is 34.9. The summed E-state index contributed by atoms with van der Waals surface area (Å²) in [5.41, 5.74) is 2.19. The fourth-order valence-electron chi connectivity index (χ4n) is 12.6. The number of hydrogen-bond donors (Lipinski definition) is 1. The Hall–Kier alpha value is -2.63. The lowest BCUT2D eigenvalue weighted by Gasteiger charge is -2.71. The summed E-state index contributed by atoms with van der Waals surface area (Å²) >= 11 is 0. The minimum atomic E-state index is -0.471. The highest BCUT2D eigenvalue weighted by atomic mass is 16.6. The van der Waals surface area contributed by atoms with Crippen molar-refractivity contribution in [1.29, 1.82) is 0 Å². The third kappa shape index (κ3) is 5.46. The largest absolute Gasteiger partial charge is 0.459 e. The van der Waals surface area contributed by atoms with Crippen molar-refractivity contribution in [2.24, 2.45) is 50.2 Å². The molecule has 4 saturated carbocycles. The first-order chi connectivity index (χ1) is 22.4. The molecule has 1 amide bonds. The van der Waals surface area contributed by atoms with Gasteiger partial charge in [-0.25, -0.2) is 0 Å². The lowest BCUT2D eigenvalue weighted by atomic mass is 9.33. The van der Waals surface area contributed by atoms with Crippen molar-refractivity contribution in [3.8, 4) is 0 Å². The number of fused-ring (bicyclic) bond motifs is 7. The molecule has 48 heavy (non-hydrogen) atoms. The zero-order valence-corrected chi connectivity index (χ0v) is 31.2. The van der Waals surface area contributed by atoms with Gasteiger partial charge in [-0.2, -0.15) is 0 Å². The van der Waals surface area contributed by atoms with Crippen LogP contribution in [0.5, 0.6) is 0 Å². The van der Waals surface area contributed by atoms with Crippen LogP contribution in [0, 0.1) is 50.2 Å². The molecule has 0 unspecified atom stereocenters. The van der Waals surface area contributed by atoms with Crippen LogP contribution in [0.3, 0.4) is 0 Å². The Balaban J connectivity index is 1.34. The molecule has 1 N–H and O–H groups in total. The number of hydrogen-bond acceptors (Lipinski definition) is 5. The molecule has 6 rings (SSSR count). The van der Waals surface area contributed by atoms with E-state index in [-0.39, 0.29) is 56.3 Å². The Kier molecular flexibility index (Phi) is 8.81. The van der Waals surface area contributed by atoms with Gasteiger partial charge in [0.15, 0.2) is 0 Å². The number of carbonyl (C=O) groups is 3. The molecule has 1 aromatic rings. The molecule has 0 spiro atoms. The Bertz CT molecular complexity index is 1460. The number of carbonyl (C=O) groups excluding carboxylic acids is 3. The Morgan fingerprint density at radius 3 is 2.15 bits per heavy atom. The average Bonchev–Trinajstić information content (AvgIpc) is 2.99. The summed E-state index contributed by atoms with van der Waals surface area (Å²) in [5.74, 6) is 0.570. The predicted molar refractivity (Wildman–Crippen MR) is 189 cm³/mol. The van der Waals surface area contributed by atoms with E-state index in [1.165, 1.54) is 19.4 Å². The van der Waals surface area contributed by atoms with Crippen molar-refractivity contribution in [2.75, 3.05) is 6.54 Å². The minimum absolute atomic E-state index is 0.0242. The van der Waals surface area contributed by atoms with Gasteiger partial charge in [-0.15, -0.1) is 0 Å². The number of ether oxygens (including phenoxy) is 2. The number of allylic oxidation sites excluding steroid dienone is 2. The highest BCUT2D eigenvalue weighted by Gasteiger charge is 2.70. The van der Waals surface area contributed by atoms with E-state index < -0.39 is 12.2 Å². The number of nitrogens with one attached hydrogen (secondary N) is 1. The summed E-state index contributed by atoms with van der Waals surface area (Å²) in [6.45, 7) is 20.4. The van der Waals surface area contributed by atoms with E-state index in [9.17, 15) is 14.4 Å². The maximum absolute atomic E-state index is 14.4. The second-order valence-electron chi connectivity index (χ2n) is 18.6. The molecule has 6 nitrogen and oxygen atoms in total. The van der Waals surface area contributed by atoms with Gasteiger partial charge in [-0.3, -0.25) is 14.4 Å². The van der Waals surface area contributed by atoms with E-state index in [1.807, 2.05) is 6.07 Å². The second kappa shape index (κ2) is 12.0. The van der Waals surface area contributed by atoms with E-state index in [0.717, 1.165) is 57.8 Å². The Morgan fingerprint density at radius 2 is 1.48 bits per heavy atom. The van der Waals surface area contributed by atoms with E-state index in [4.69, 9.17) is 9.47 Å². The van der Waals surface area contributed by atoms with Crippen LogP contribution < -0.4 is 5.32 Å². The molecule has 264 valence electrons. The second-order valence-corrected chi connectivity index (χ2v) is 18.6. The zero-order valence-electron chi connectivity index (χ0n) is 31.2. The summed E-state index contributed by atoms with van der Waals surface area (Å²) < 4.78 is 12.0. The van der Waals surface area contributed by atoms with Crippen molar-refractivity contribution in [3.63, 3.8) is 0 Å². The molecule has 9 atom stereocenters. The molecule has 0 aromatic heterocycles. The van der Waals surface area contributed by atoms with Gasteiger partial charge < -0.3 is 14.8 Å². The molecular weight excluding hydrogens is 598 g/mol. The topological polar surface area (TPSA) is 81.7 Å². The molecule has 5 aliphatic rings. The normalized spacial score (nSPS) is 40.9. The summed E-state index contributed by atoms with van der Waals surface area (Å²) in [6.07, 6.45) is 11.3. The Labute approximate surface area is 289 Å². The minimum Gasteiger partial charge on any atom is -0.459 e. The van der Waals surface area contributed by atoms with Crippen LogP contribution in [0.2, 0.25) is 0 Å². The van der Waals surface area contributed by atoms with Crippen LogP contribution >= 0.6 is 0 Å². The highest BCUT2D eigenvalue weighted by Crippen LogP contribution is 2.76. The van der Waals surface area contributed by atoms with Crippen LogP contribution in [0.25, 0.3) is 0 Å². The van der Waals surface area contributed by atoms with Gasteiger partial charge in [0.05, 0.1) is 5.41 Å². The van der Waals surface area contributed by atoms with Crippen LogP contribution in [0.1, 0.15) is 126 Å². The van der Waals surface area contributed by atoms with E-state index in [0.29, 0.717) is 24.8 Å². The van der Waals surface area contributed by atoms with Crippen LogP contribution in [0.4, 0.5) is 0 Å². The molecule has 6 heteroatoms. The van der Waals surface area contributed by atoms with Crippen molar-refractivity contribution >= 4 is 17.8 Å². The third-order valence-electron chi connectivity index (χ3n) is 15.1. The van der Waals surface area contributed by atoms with E-state index in [2.05, 4.69) is 84.1 Å². The van der Waals surface area contributed by atoms with Gasteiger partial charge in [-0.1, -0.05) is 90.4 Å².